The zero-order chi connectivity index (χ0) is 20.9. The van der Waals surface area contributed by atoms with E-state index in [0.29, 0.717) is 12.0 Å². The number of fused-ring (bicyclic) bond motifs is 1. The first-order valence-corrected chi connectivity index (χ1v) is 10.9. The van der Waals surface area contributed by atoms with Crippen LogP contribution in [0.15, 0.2) is 72.8 Å². The maximum atomic E-state index is 12.6. The Morgan fingerprint density at radius 1 is 0.867 bits per heavy atom. The van der Waals surface area contributed by atoms with Gasteiger partial charge in [0, 0.05) is 17.5 Å². The highest BCUT2D eigenvalue weighted by atomic mass is 16.2. The number of anilines is 1. The molecule has 0 spiro atoms. The van der Waals surface area contributed by atoms with Crippen LogP contribution in [0, 0.1) is 5.92 Å². The lowest BCUT2D eigenvalue weighted by Gasteiger charge is -2.37. The van der Waals surface area contributed by atoms with Crippen molar-refractivity contribution in [3.63, 3.8) is 0 Å². The molecule has 1 aliphatic rings. The lowest BCUT2D eigenvalue weighted by molar-refractivity contribution is 0.158. The Balaban J connectivity index is 1.35. The molecule has 3 aromatic carbocycles. The van der Waals surface area contributed by atoms with Crippen molar-refractivity contribution in [2.75, 3.05) is 19.4 Å². The van der Waals surface area contributed by atoms with Crippen LogP contribution in [0.1, 0.15) is 37.3 Å². The molecule has 0 radical (unpaired) electrons. The molecule has 1 atom stereocenters. The molecule has 0 aliphatic heterocycles. The van der Waals surface area contributed by atoms with Gasteiger partial charge in [0.05, 0.1) is 5.69 Å². The molecule has 0 heterocycles. The van der Waals surface area contributed by atoms with Crippen LogP contribution in [0.2, 0.25) is 0 Å². The molecule has 1 saturated carbocycles. The Hall–Kier alpha value is -2.85. The van der Waals surface area contributed by atoms with E-state index in [1.807, 2.05) is 30.3 Å². The molecule has 30 heavy (non-hydrogen) atoms. The van der Waals surface area contributed by atoms with E-state index >= 15 is 0 Å². The number of hydrogen-bond acceptors (Lipinski definition) is 2. The van der Waals surface area contributed by atoms with Crippen LogP contribution in [-0.2, 0) is 0 Å². The smallest absolute Gasteiger partial charge is 0.319 e. The number of nitrogens with one attached hydrogen (secondary N) is 2. The predicted octanol–water partition coefficient (Wildman–Crippen LogP) is 5.82. The quantitative estimate of drug-likeness (QED) is 0.565. The monoisotopic (exact) mass is 401 g/mol. The molecule has 3 aromatic rings. The van der Waals surface area contributed by atoms with E-state index in [2.05, 4.69) is 72.1 Å². The first kappa shape index (κ1) is 20.4. The zero-order valence-corrected chi connectivity index (χ0v) is 17.8. The van der Waals surface area contributed by atoms with E-state index in [0.717, 1.165) is 42.1 Å². The molecule has 0 bridgehead atoms. The summed E-state index contributed by atoms with van der Waals surface area (Å²) < 4.78 is 0. The minimum atomic E-state index is -0.109. The Kier molecular flexibility index (Phi) is 6.34. The summed E-state index contributed by atoms with van der Waals surface area (Å²) in [5, 5.41) is 8.45. The highest BCUT2D eigenvalue weighted by Crippen LogP contribution is 2.37. The number of benzene rings is 3. The Morgan fingerprint density at radius 3 is 2.27 bits per heavy atom. The second-order valence-corrected chi connectivity index (χ2v) is 8.56. The third-order valence-corrected chi connectivity index (χ3v) is 6.29. The van der Waals surface area contributed by atoms with E-state index < -0.39 is 0 Å². The van der Waals surface area contributed by atoms with Gasteiger partial charge in [-0.15, -0.1) is 0 Å². The van der Waals surface area contributed by atoms with Crippen molar-refractivity contribution in [2.45, 2.75) is 37.8 Å². The molecule has 1 unspecified atom stereocenters. The van der Waals surface area contributed by atoms with Crippen molar-refractivity contribution in [1.29, 1.82) is 0 Å². The maximum Gasteiger partial charge on any atom is 0.319 e. The Morgan fingerprint density at radius 2 is 1.53 bits per heavy atom. The lowest BCUT2D eigenvalue weighted by atomic mass is 9.79. The van der Waals surface area contributed by atoms with E-state index in [1.54, 1.807) is 0 Å². The lowest BCUT2D eigenvalue weighted by Crippen LogP contribution is -2.41. The highest BCUT2D eigenvalue weighted by molar-refractivity contribution is 6.01. The third-order valence-electron chi connectivity index (χ3n) is 6.29. The van der Waals surface area contributed by atoms with Gasteiger partial charge in [-0.1, -0.05) is 66.7 Å². The van der Waals surface area contributed by atoms with Gasteiger partial charge in [-0.3, -0.25) is 0 Å². The molecule has 2 amide bonds. The Bertz CT molecular complexity index is 972. The van der Waals surface area contributed by atoms with Gasteiger partial charge in [0.1, 0.15) is 0 Å². The average Bonchev–Trinajstić information content (AvgIpc) is 2.76. The van der Waals surface area contributed by atoms with Crippen molar-refractivity contribution < 1.29 is 4.79 Å². The number of nitrogens with zero attached hydrogens (tertiary/aromatic N) is 1. The van der Waals surface area contributed by atoms with Crippen LogP contribution in [-0.4, -0.2) is 31.1 Å². The van der Waals surface area contributed by atoms with E-state index in [-0.39, 0.29) is 12.1 Å². The van der Waals surface area contributed by atoms with E-state index in [9.17, 15) is 4.79 Å². The second kappa shape index (κ2) is 9.31. The second-order valence-electron chi connectivity index (χ2n) is 8.56. The number of carbonyl (C=O) groups excluding carboxylic acids is 1. The summed E-state index contributed by atoms with van der Waals surface area (Å²) in [6.07, 6.45) is 4.28. The first-order valence-electron chi connectivity index (χ1n) is 10.9. The molecular formula is C26H31N3O. The number of amides is 2. The summed E-state index contributed by atoms with van der Waals surface area (Å²) in [7, 11) is 4.33. The first-order chi connectivity index (χ1) is 14.6. The molecule has 1 fully saturated rings. The van der Waals surface area contributed by atoms with Gasteiger partial charge >= 0.3 is 6.03 Å². The van der Waals surface area contributed by atoms with E-state index in [1.165, 1.54) is 5.56 Å². The van der Waals surface area contributed by atoms with Gasteiger partial charge < -0.3 is 15.5 Å². The molecule has 0 aromatic heterocycles. The predicted molar refractivity (Wildman–Crippen MR) is 125 cm³/mol. The van der Waals surface area contributed by atoms with Crippen LogP contribution in [0.3, 0.4) is 0 Å². The topological polar surface area (TPSA) is 44.4 Å². The van der Waals surface area contributed by atoms with Crippen molar-refractivity contribution in [3.05, 3.63) is 78.4 Å². The molecular weight excluding hydrogens is 370 g/mol. The van der Waals surface area contributed by atoms with Crippen molar-refractivity contribution in [2.24, 2.45) is 5.92 Å². The molecule has 156 valence electrons. The normalized spacial score (nSPS) is 20.1. The molecule has 0 saturated heterocycles. The standard InChI is InChI=1S/C26H31N3O/c1-29(2)25(20-10-4-3-5-11-20)21-15-17-22(18-16-21)27-26(30)28-24-14-8-12-19-9-6-7-13-23(19)24/h3-14,21-22,25H,15-18H2,1-2H3,(H2,27,28,30). The van der Waals surface area contributed by atoms with E-state index in [4.69, 9.17) is 0 Å². The summed E-state index contributed by atoms with van der Waals surface area (Å²) in [6, 6.07) is 25.4. The average molecular weight is 402 g/mol. The minimum absolute atomic E-state index is 0.109. The van der Waals surface area contributed by atoms with Gasteiger partial charge in [0.15, 0.2) is 0 Å². The third kappa shape index (κ3) is 4.65. The summed E-state index contributed by atoms with van der Waals surface area (Å²) >= 11 is 0. The fourth-order valence-electron chi connectivity index (χ4n) is 4.90. The van der Waals surface area contributed by atoms with Gasteiger partial charge in [0.2, 0.25) is 0 Å². The van der Waals surface area contributed by atoms with Crippen molar-refractivity contribution in [1.82, 2.24) is 10.2 Å². The molecule has 1 aliphatic carbocycles. The number of carbonyl (C=O) groups is 1. The van der Waals surface area contributed by atoms with Crippen LogP contribution in [0.4, 0.5) is 10.5 Å². The highest BCUT2D eigenvalue weighted by Gasteiger charge is 2.30. The SMILES string of the molecule is CN(C)C(c1ccccc1)C1CCC(NC(=O)Nc2cccc3ccccc23)CC1. The maximum absolute atomic E-state index is 12.6. The summed E-state index contributed by atoms with van der Waals surface area (Å²) in [6.45, 7) is 0. The zero-order valence-electron chi connectivity index (χ0n) is 17.8. The summed E-state index contributed by atoms with van der Waals surface area (Å²) in [5.74, 6) is 0.613. The molecule has 4 nitrogen and oxygen atoms in total. The molecule has 4 heteroatoms. The molecule has 2 N–H and O–H groups in total. The van der Waals surface area contributed by atoms with Crippen LogP contribution >= 0.6 is 0 Å². The van der Waals surface area contributed by atoms with Crippen molar-refractivity contribution >= 4 is 22.5 Å². The number of hydrogen-bond donors (Lipinski definition) is 2. The number of rotatable bonds is 5. The summed E-state index contributed by atoms with van der Waals surface area (Å²) in [4.78, 5) is 15.0. The fourth-order valence-corrected chi connectivity index (χ4v) is 4.90. The molecule has 4 rings (SSSR count). The van der Waals surface area contributed by atoms with Gasteiger partial charge in [-0.25, -0.2) is 4.79 Å². The largest absolute Gasteiger partial charge is 0.335 e. The van der Waals surface area contributed by atoms with Gasteiger partial charge in [0.25, 0.3) is 0 Å². The number of urea groups is 1. The minimum Gasteiger partial charge on any atom is -0.335 e. The van der Waals surface area contributed by atoms with Crippen LogP contribution in [0.5, 0.6) is 0 Å². The van der Waals surface area contributed by atoms with Crippen LogP contribution < -0.4 is 10.6 Å². The van der Waals surface area contributed by atoms with Gasteiger partial charge in [-0.2, -0.15) is 0 Å². The Labute approximate surface area is 179 Å². The van der Waals surface area contributed by atoms with Gasteiger partial charge in [-0.05, 0) is 62.7 Å². The van der Waals surface area contributed by atoms with Crippen LogP contribution in [0.25, 0.3) is 10.8 Å². The van der Waals surface area contributed by atoms with Crippen molar-refractivity contribution in [3.8, 4) is 0 Å². The fraction of sp³-hybridized carbons (Fsp3) is 0.346. The summed E-state index contributed by atoms with van der Waals surface area (Å²) in [5.41, 5.74) is 2.24.